The molecule has 1 saturated carbocycles. The van der Waals surface area contributed by atoms with Crippen molar-refractivity contribution in [3.05, 3.63) is 22.4 Å². The average molecular weight is 329 g/mol. The van der Waals surface area contributed by atoms with Gasteiger partial charge in [-0.15, -0.1) is 11.3 Å². The smallest absolute Gasteiger partial charge is 0.315 e. The average Bonchev–Trinajstić information content (AvgIpc) is 3.08. The highest BCUT2D eigenvalue weighted by Gasteiger charge is 2.25. The zero-order chi connectivity index (χ0) is 15.2. The van der Waals surface area contributed by atoms with Gasteiger partial charge in [-0.1, -0.05) is 6.07 Å². The first-order valence-corrected chi connectivity index (χ1v) is 9.56. The second-order valence-electron chi connectivity index (χ2n) is 5.65. The van der Waals surface area contributed by atoms with Gasteiger partial charge in [0.25, 0.3) is 0 Å². The van der Waals surface area contributed by atoms with E-state index >= 15 is 0 Å². The molecule has 21 heavy (non-hydrogen) atoms. The number of hydrogen-bond acceptors (Lipinski definition) is 4. The van der Waals surface area contributed by atoms with Crippen LogP contribution < -0.4 is 10.6 Å². The number of thioether (sulfide) groups is 1. The zero-order valence-corrected chi connectivity index (χ0v) is 14.2. The van der Waals surface area contributed by atoms with Gasteiger partial charge in [-0.3, -0.25) is 0 Å². The minimum atomic E-state index is -0.507. The molecular weight excluding hydrogens is 304 g/mol. The number of carbonyl (C=O) groups excluding carboxylic acids is 1. The molecule has 0 saturated heterocycles. The van der Waals surface area contributed by atoms with Crippen LogP contribution in [-0.4, -0.2) is 34.7 Å². The molecule has 0 spiro atoms. The molecule has 1 aliphatic carbocycles. The number of aliphatic hydroxyl groups is 1. The summed E-state index contributed by atoms with van der Waals surface area (Å²) in [5, 5.41) is 18.7. The summed E-state index contributed by atoms with van der Waals surface area (Å²) in [6.45, 7) is 1.93. The van der Waals surface area contributed by atoms with Crippen LogP contribution in [0.25, 0.3) is 0 Å². The normalized spacial score (nSPS) is 24.5. The molecule has 4 nitrogen and oxygen atoms in total. The van der Waals surface area contributed by atoms with Crippen molar-refractivity contribution in [1.82, 2.24) is 10.6 Å². The van der Waals surface area contributed by atoms with E-state index in [4.69, 9.17) is 0 Å². The number of carbonyl (C=O) groups is 1. The van der Waals surface area contributed by atoms with Crippen molar-refractivity contribution in [2.45, 2.75) is 56.0 Å². The first kappa shape index (κ1) is 16.6. The summed E-state index contributed by atoms with van der Waals surface area (Å²) >= 11 is 3.42. The van der Waals surface area contributed by atoms with E-state index < -0.39 is 6.10 Å². The fourth-order valence-corrected chi connectivity index (χ4v) is 4.25. The lowest BCUT2D eigenvalue weighted by molar-refractivity contribution is 0.157. The van der Waals surface area contributed by atoms with Crippen LogP contribution in [0, 0.1) is 0 Å². The summed E-state index contributed by atoms with van der Waals surface area (Å²) in [6.07, 6.45) is 5.45. The first-order chi connectivity index (χ1) is 10.1. The van der Waals surface area contributed by atoms with Crippen molar-refractivity contribution in [1.29, 1.82) is 0 Å². The summed E-state index contributed by atoms with van der Waals surface area (Å²) in [5.41, 5.74) is 0. The fourth-order valence-electron chi connectivity index (χ4n) is 2.73. The largest absolute Gasteiger partial charge is 0.387 e. The maximum absolute atomic E-state index is 12.0. The van der Waals surface area contributed by atoms with Crippen LogP contribution in [0.15, 0.2) is 17.5 Å². The molecule has 1 fully saturated rings. The van der Waals surface area contributed by atoms with Crippen LogP contribution in [-0.2, 0) is 0 Å². The molecule has 1 aromatic rings. The number of thiophene rings is 1. The quantitative estimate of drug-likeness (QED) is 0.752. The van der Waals surface area contributed by atoms with E-state index in [1.807, 2.05) is 36.2 Å². The standard InChI is InChI=1S/C15H24N2O2S2/c1-10(8-13(18)14-4-3-7-21-14)16-15(19)17-11-5-6-12(9-11)20-2/h3-4,7,10-13,18H,5-6,8-9H2,1-2H3,(H2,16,17,19). The number of urea groups is 1. The predicted octanol–water partition coefficient (Wildman–Crippen LogP) is 3.14. The Labute approximate surface area is 134 Å². The van der Waals surface area contributed by atoms with E-state index in [-0.39, 0.29) is 18.1 Å². The number of nitrogens with one attached hydrogen (secondary N) is 2. The summed E-state index contributed by atoms with van der Waals surface area (Å²) in [4.78, 5) is 12.9. The number of hydrogen-bond donors (Lipinski definition) is 3. The van der Waals surface area contributed by atoms with E-state index in [9.17, 15) is 9.90 Å². The molecule has 2 amide bonds. The Hall–Kier alpha value is -0.720. The van der Waals surface area contributed by atoms with Crippen molar-refractivity contribution in [2.75, 3.05) is 6.26 Å². The maximum atomic E-state index is 12.0. The molecule has 118 valence electrons. The minimum absolute atomic E-state index is 0.0557. The van der Waals surface area contributed by atoms with E-state index in [1.165, 1.54) is 6.42 Å². The molecule has 1 aromatic heterocycles. The summed E-state index contributed by atoms with van der Waals surface area (Å²) < 4.78 is 0. The van der Waals surface area contributed by atoms with Crippen molar-refractivity contribution in [3.8, 4) is 0 Å². The highest BCUT2D eigenvalue weighted by Crippen LogP contribution is 2.28. The van der Waals surface area contributed by atoms with Gasteiger partial charge in [0.1, 0.15) is 0 Å². The number of rotatable bonds is 6. The Bertz CT molecular complexity index is 439. The molecule has 1 aliphatic rings. The van der Waals surface area contributed by atoms with Gasteiger partial charge in [-0.05, 0) is 50.3 Å². The van der Waals surface area contributed by atoms with Crippen LogP contribution in [0.1, 0.15) is 43.6 Å². The first-order valence-electron chi connectivity index (χ1n) is 7.39. The minimum Gasteiger partial charge on any atom is -0.387 e. The Morgan fingerprint density at radius 1 is 1.57 bits per heavy atom. The van der Waals surface area contributed by atoms with Gasteiger partial charge in [-0.2, -0.15) is 11.8 Å². The summed E-state index contributed by atoms with van der Waals surface area (Å²) in [7, 11) is 0. The number of aliphatic hydroxyl groups excluding tert-OH is 1. The molecule has 0 aliphatic heterocycles. The summed E-state index contributed by atoms with van der Waals surface area (Å²) in [6, 6.07) is 3.96. The second-order valence-corrected chi connectivity index (χ2v) is 7.77. The van der Waals surface area contributed by atoms with Gasteiger partial charge in [-0.25, -0.2) is 4.79 Å². The Balaban J connectivity index is 1.70. The monoisotopic (exact) mass is 328 g/mol. The lowest BCUT2D eigenvalue weighted by Gasteiger charge is -2.19. The van der Waals surface area contributed by atoms with Crippen LogP contribution in [0.2, 0.25) is 0 Å². The van der Waals surface area contributed by atoms with Crippen LogP contribution in [0.4, 0.5) is 4.79 Å². The van der Waals surface area contributed by atoms with Gasteiger partial charge < -0.3 is 15.7 Å². The van der Waals surface area contributed by atoms with Crippen molar-refractivity contribution < 1.29 is 9.90 Å². The van der Waals surface area contributed by atoms with Crippen molar-refractivity contribution in [2.24, 2.45) is 0 Å². The maximum Gasteiger partial charge on any atom is 0.315 e. The van der Waals surface area contributed by atoms with Crippen molar-refractivity contribution in [3.63, 3.8) is 0 Å². The van der Waals surface area contributed by atoms with Crippen LogP contribution in [0.3, 0.4) is 0 Å². The third-order valence-electron chi connectivity index (χ3n) is 3.88. The lowest BCUT2D eigenvalue weighted by Crippen LogP contribution is -2.45. The summed E-state index contributed by atoms with van der Waals surface area (Å²) in [5.74, 6) is 0. The molecule has 0 radical (unpaired) electrons. The Morgan fingerprint density at radius 2 is 2.38 bits per heavy atom. The Morgan fingerprint density at radius 3 is 3.00 bits per heavy atom. The van der Waals surface area contributed by atoms with Gasteiger partial charge in [0.2, 0.25) is 0 Å². The molecular formula is C15H24N2O2S2. The molecule has 4 unspecified atom stereocenters. The van der Waals surface area contributed by atoms with Gasteiger partial charge in [0.05, 0.1) is 6.10 Å². The molecule has 3 N–H and O–H groups in total. The molecule has 0 aromatic carbocycles. The Kier molecular flexibility index (Phi) is 6.39. The lowest BCUT2D eigenvalue weighted by atomic mass is 10.1. The van der Waals surface area contributed by atoms with Crippen molar-refractivity contribution >= 4 is 29.1 Å². The predicted molar refractivity (Wildman–Crippen MR) is 90.0 cm³/mol. The fraction of sp³-hybridized carbons (Fsp3) is 0.667. The van der Waals surface area contributed by atoms with Crippen LogP contribution >= 0.6 is 23.1 Å². The molecule has 4 atom stereocenters. The molecule has 0 bridgehead atoms. The van der Waals surface area contributed by atoms with E-state index in [1.54, 1.807) is 11.3 Å². The second kappa shape index (κ2) is 8.06. The van der Waals surface area contributed by atoms with Gasteiger partial charge in [0, 0.05) is 22.2 Å². The molecule has 6 heteroatoms. The van der Waals surface area contributed by atoms with E-state index in [0.29, 0.717) is 11.7 Å². The van der Waals surface area contributed by atoms with Gasteiger partial charge >= 0.3 is 6.03 Å². The highest BCUT2D eigenvalue weighted by molar-refractivity contribution is 7.99. The third kappa shape index (κ3) is 5.20. The van der Waals surface area contributed by atoms with Gasteiger partial charge in [0.15, 0.2) is 0 Å². The van der Waals surface area contributed by atoms with Crippen LogP contribution in [0.5, 0.6) is 0 Å². The zero-order valence-electron chi connectivity index (χ0n) is 12.5. The number of amides is 2. The highest BCUT2D eigenvalue weighted by atomic mass is 32.2. The SMILES string of the molecule is CSC1CCC(NC(=O)NC(C)CC(O)c2cccs2)C1. The van der Waals surface area contributed by atoms with E-state index in [2.05, 4.69) is 16.9 Å². The molecule has 1 heterocycles. The molecule has 2 rings (SSSR count). The topological polar surface area (TPSA) is 61.4 Å². The van der Waals surface area contributed by atoms with E-state index in [0.717, 1.165) is 17.7 Å². The third-order valence-corrected chi connectivity index (χ3v) is 5.95.